The number of carbonyl (C=O) groups is 2. The minimum absolute atomic E-state index is 0.0110. The van der Waals surface area contributed by atoms with Crippen LogP contribution in [0, 0.1) is 0 Å². The second-order valence-electron chi connectivity index (χ2n) is 7.45. The predicted octanol–water partition coefficient (Wildman–Crippen LogP) is 3.86. The number of pyridine rings is 1. The molecule has 3 amide bonds. The topological polar surface area (TPSA) is 87.7 Å². The third-order valence-corrected chi connectivity index (χ3v) is 6.48. The molecular formula is C20H20F3N3O4S. The largest absolute Gasteiger partial charge is 0.501 e. The number of benzene rings is 1. The molecule has 2 heterocycles. The van der Waals surface area contributed by atoms with Gasteiger partial charge in [-0.25, -0.2) is 18.1 Å². The fourth-order valence-corrected chi connectivity index (χ4v) is 3.93. The maximum atomic E-state index is 12.9. The fraction of sp³-hybridized carbons (Fsp3) is 0.350. The lowest BCUT2D eigenvalue weighted by Crippen LogP contribution is -2.33. The van der Waals surface area contributed by atoms with E-state index in [0.717, 1.165) is 40.4 Å². The van der Waals surface area contributed by atoms with Crippen molar-refractivity contribution >= 4 is 27.5 Å². The van der Waals surface area contributed by atoms with Gasteiger partial charge in [0.15, 0.2) is 0 Å². The molecule has 2 aromatic rings. The molecule has 0 radical (unpaired) electrons. The summed E-state index contributed by atoms with van der Waals surface area (Å²) >= 11 is 0. The number of halogens is 3. The standard InChI is InChI=1S/C20H20F3N3O4S/c1-12(2)17-10-14(8-9-24-17)11-25-13(3)18(27)26(19(25)28)15-4-6-16(7-5-15)31(29,30)20(21,22)23/h4-10,12-13H,11H2,1-3H3. The van der Waals surface area contributed by atoms with Gasteiger partial charge in [0, 0.05) is 18.4 Å². The molecule has 31 heavy (non-hydrogen) atoms. The molecule has 1 saturated heterocycles. The second-order valence-corrected chi connectivity index (χ2v) is 9.39. The average Bonchev–Trinajstić information content (AvgIpc) is 2.91. The van der Waals surface area contributed by atoms with E-state index in [0.29, 0.717) is 0 Å². The molecule has 1 aromatic carbocycles. The molecule has 0 bridgehead atoms. The first-order valence-corrected chi connectivity index (χ1v) is 10.8. The molecule has 7 nitrogen and oxygen atoms in total. The lowest BCUT2D eigenvalue weighted by atomic mass is 10.1. The summed E-state index contributed by atoms with van der Waals surface area (Å²) in [5, 5.41) is 0. The van der Waals surface area contributed by atoms with Crippen molar-refractivity contribution in [1.82, 2.24) is 9.88 Å². The summed E-state index contributed by atoms with van der Waals surface area (Å²) in [5.41, 5.74) is -3.84. The van der Waals surface area contributed by atoms with E-state index in [2.05, 4.69) is 4.98 Å². The Morgan fingerprint density at radius 3 is 2.26 bits per heavy atom. The minimum Gasteiger partial charge on any atom is -0.308 e. The lowest BCUT2D eigenvalue weighted by molar-refractivity contribution is -0.119. The van der Waals surface area contributed by atoms with E-state index in [9.17, 15) is 31.2 Å². The van der Waals surface area contributed by atoms with Crippen LogP contribution in [0.5, 0.6) is 0 Å². The summed E-state index contributed by atoms with van der Waals surface area (Å²) in [4.78, 5) is 31.1. The number of hydrogen-bond donors (Lipinski definition) is 0. The van der Waals surface area contributed by atoms with Crippen molar-refractivity contribution in [1.29, 1.82) is 0 Å². The van der Waals surface area contributed by atoms with E-state index in [4.69, 9.17) is 0 Å². The van der Waals surface area contributed by atoms with Crippen molar-refractivity contribution in [3.8, 4) is 0 Å². The summed E-state index contributed by atoms with van der Waals surface area (Å²) in [6, 6.07) is 5.59. The number of hydrogen-bond acceptors (Lipinski definition) is 5. The summed E-state index contributed by atoms with van der Waals surface area (Å²) in [6.45, 7) is 5.64. The molecule has 0 aliphatic carbocycles. The van der Waals surface area contributed by atoms with Crippen LogP contribution in [0.25, 0.3) is 0 Å². The van der Waals surface area contributed by atoms with Crippen molar-refractivity contribution in [2.75, 3.05) is 4.90 Å². The lowest BCUT2D eigenvalue weighted by Gasteiger charge is -2.20. The number of amides is 3. The Balaban J connectivity index is 1.86. The third kappa shape index (κ3) is 4.14. The van der Waals surface area contributed by atoms with Crippen molar-refractivity contribution in [3.05, 3.63) is 53.9 Å². The number of anilines is 1. The van der Waals surface area contributed by atoms with E-state index in [1.54, 1.807) is 19.2 Å². The molecule has 1 aliphatic heterocycles. The van der Waals surface area contributed by atoms with E-state index in [-0.39, 0.29) is 18.2 Å². The van der Waals surface area contributed by atoms with Gasteiger partial charge in [0.1, 0.15) is 6.04 Å². The third-order valence-electron chi connectivity index (χ3n) is 4.98. The highest BCUT2D eigenvalue weighted by atomic mass is 32.2. The summed E-state index contributed by atoms with van der Waals surface area (Å²) in [5.74, 6) is -0.383. The van der Waals surface area contributed by atoms with Gasteiger partial charge in [0.05, 0.1) is 10.6 Å². The molecule has 166 valence electrons. The van der Waals surface area contributed by atoms with Gasteiger partial charge < -0.3 is 4.90 Å². The number of carbonyl (C=O) groups excluding carboxylic acids is 2. The smallest absolute Gasteiger partial charge is 0.308 e. The number of aromatic nitrogens is 1. The summed E-state index contributed by atoms with van der Waals surface area (Å²) in [6.07, 6.45) is 1.62. The molecule has 0 saturated carbocycles. The zero-order valence-corrected chi connectivity index (χ0v) is 17.7. The number of alkyl halides is 3. The molecular weight excluding hydrogens is 435 g/mol. The Kier molecular flexibility index (Phi) is 5.83. The first-order valence-electron chi connectivity index (χ1n) is 9.35. The molecule has 1 atom stereocenters. The monoisotopic (exact) mass is 455 g/mol. The van der Waals surface area contributed by atoms with Crippen LogP contribution >= 0.6 is 0 Å². The maximum Gasteiger partial charge on any atom is 0.501 e. The van der Waals surface area contributed by atoms with Gasteiger partial charge in [-0.3, -0.25) is 9.78 Å². The molecule has 0 spiro atoms. The molecule has 1 aliphatic rings. The molecule has 3 rings (SSSR count). The van der Waals surface area contributed by atoms with E-state index in [1.807, 2.05) is 19.9 Å². The Bertz CT molecular complexity index is 1120. The minimum atomic E-state index is -5.52. The molecule has 1 aromatic heterocycles. The van der Waals surface area contributed by atoms with Crippen LogP contribution in [-0.2, 0) is 21.2 Å². The van der Waals surface area contributed by atoms with Gasteiger partial charge in [0.25, 0.3) is 15.7 Å². The van der Waals surface area contributed by atoms with Crippen LogP contribution in [0.15, 0.2) is 47.5 Å². The molecule has 11 heteroatoms. The van der Waals surface area contributed by atoms with Crippen molar-refractivity contribution < 1.29 is 31.2 Å². The Hall–Kier alpha value is -2.95. The number of rotatable bonds is 5. The Morgan fingerprint density at radius 2 is 1.71 bits per heavy atom. The quantitative estimate of drug-likeness (QED) is 0.639. The Morgan fingerprint density at radius 1 is 1.10 bits per heavy atom. The van der Waals surface area contributed by atoms with Crippen LogP contribution < -0.4 is 4.90 Å². The maximum absolute atomic E-state index is 12.9. The first kappa shape index (κ1) is 22.7. The molecule has 1 unspecified atom stereocenters. The van der Waals surface area contributed by atoms with E-state index < -0.39 is 38.2 Å². The van der Waals surface area contributed by atoms with Gasteiger partial charge in [-0.15, -0.1) is 0 Å². The summed E-state index contributed by atoms with van der Waals surface area (Å²) < 4.78 is 61.2. The zero-order valence-electron chi connectivity index (χ0n) is 16.9. The SMILES string of the molecule is CC(C)c1cc(CN2C(=O)N(c3ccc(S(=O)(=O)C(F)(F)F)cc3)C(=O)C2C)ccn1. The van der Waals surface area contributed by atoms with Crippen LogP contribution in [0.4, 0.5) is 23.7 Å². The predicted molar refractivity (Wildman–Crippen MR) is 106 cm³/mol. The normalized spacial score (nSPS) is 17.7. The first-order chi connectivity index (χ1) is 14.3. The highest BCUT2D eigenvalue weighted by molar-refractivity contribution is 7.92. The van der Waals surface area contributed by atoms with Gasteiger partial charge >= 0.3 is 11.5 Å². The number of sulfone groups is 1. The van der Waals surface area contributed by atoms with Crippen LogP contribution in [0.3, 0.4) is 0 Å². The van der Waals surface area contributed by atoms with Gasteiger partial charge in [-0.1, -0.05) is 13.8 Å². The van der Waals surface area contributed by atoms with Crippen LogP contribution in [0.2, 0.25) is 0 Å². The number of imide groups is 1. The van der Waals surface area contributed by atoms with Gasteiger partial charge in [-0.05, 0) is 54.8 Å². The van der Waals surface area contributed by atoms with Crippen LogP contribution in [0.1, 0.15) is 37.9 Å². The summed E-state index contributed by atoms with van der Waals surface area (Å²) in [7, 11) is -5.52. The fourth-order valence-electron chi connectivity index (χ4n) is 3.16. The molecule has 1 fully saturated rings. The second kappa shape index (κ2) is 7.95. The van der Waals surface area contributed by atoms with E-state index >= 15 is 0 Å². The van der Waals surface area contributed by atoms with Crippen molar-refractivity contribution in [2.24, 2.45) is 0 Å². The average molecular weight is 455 g/mol. The Labute approximate surface area is 177 Å². The highest BCUT2D eigenvalue weighted by Gasteiger charge is 2.47. The van der Waals surface area contributed by atoms with Gasteiger partial charge in [-0.2, -0.15) is 13.2 Å². The highest BCUT2D eigenvalue weighted by Crippen LogP contribution is 2.32. The molecule has 0 N–H and O–H groups in total. The zero-order chi connectivity index (χ0) is 23.1. The van der Waals surface area contributed by atoms with E-state index in [1.165, 1.54) is 4.90 Å². The van der Waals surface area contributed by atoms with Crippen molar-refractivity contribution in [3.63, 3.8) is 0 Å². The number of nitrogens with zero attached hydrogens (tertiary/aromatic N) is 3. The van der Waals surface area contributed by atoms with Crippen LogP contribution in [-0.4, -0.2) is 41.8 Å². The van der Waals surface area contributed by atoms with Gasteiger partial charge in [0.2, 0.25) is 0 Å². The number of urea groups is 1. The van der Waals surface area contributed by atoms with Crippen molar-refractivity contribution in [2.45, 2.75) is 49.7 Å².